The normalized spacial score (nSPS) is 16.6. The van der Waals surface area contributed by atoms with Crippen LogP contribution in [-0.2, 0) is 4.74 Å². The summed E-state index contributed by atoms with van der Waals surface area (Å²) in [6, 6.07) is 3.41. The van der Waals surface area contributed by atoms with Crippen molar-refractivity contribution in [1.29, 1.82) is 0 Å². The molecule has 1 aliphatic rings. The quantitative estimate of drug-likeness (QED) is 0.708. The van der Waals surface area contributed by atoms with E-state index in [-0.39, 0.29) is 5.92 Å². The van der Waals surface area contributed by atoms with E-state index >= 15 is 0 Å². The third-order valence-corrected chi connectivity index (χ3v) is 2.13. The summed E-state index contributed by atoms with van der Waals surface area (Å²) in [5.74, 6) is -0.182. The van der Waals surface area contributed by atoms with Gasteiger partial charge in [-0.2, -0.15) is 0 Å². The fraction of sp³-hybridized carbons (Fsp3) is 0.333. The molecule has 1 aromatic rings. The van der Waals surface area contributed by atoms with Crippen LogP contribution in [0.15, 0.2) is 18.3 Å². The number of hydrogen-bond donors (Lipinski definition) is 1. The van der Waals surface area contributed by atoms with Crippen molar-refractivity contribution in [2.45, 2.75) is 5.92 Å². The van der Waals surface area contributed by atoms with E-state index in [1.807, 2.05) is 0 Å². The molecule has 1 saturated heterocycles. The van der Waals surface area contributed by atoms with E-state index in [2.05, 4.69) is 4.98 Å². The van der Waals surface area contributed by atoms with Crippen molar-refractivity contribution in [2.75, 3.05) is 13.2 Å². The first-order valence-corrected chi connectivity index (χ1v) is 4.11. The van der Waals surface area contributed by atoms with E-state index in [0.717, 1.165) is 5.69 Å². The molecule has 2 rings (SSSR count). The van der Waals surface area contributed by atoms with E-state index < -0.39 is 5.91 Å². The Hall–Kier alpha value is -1.42. The zero-order valence-corrected chi connectivity index (χ0v) is 7.06. The minimum absolute atomic E-state index is 0.240. The molecule has 13 heavy (non-hydrogen) atoms. The molecule has 0 spiro atoms. The highest BCUT2D eigenvalue weighted by Gasteiger charge is 2.25. The van der Waals surface area contributed by atoms with E-state index in [4.69, 9.17) is 10.5 Å². The number of carbonyl (C=O) groups is 1. The summed E-state index contributed by atoms with van der Waals surface area (Å²) >= 11 is 0. The van der Waals surface area contributed by atoms with Gasteiger partial charge < -0.3 is 10.5 Å². The number of carbonyl (C=O) groups excluding carboxylic acids is 1. The lowest BCUT2D eigenvalue weighted by atomic mass is 9.98. The average Bonchev–Trinajstić information content (AvgIpc) is 2.02. The Balaban J connectivity index is 2.36. The van der Waals surface area contributed by atoms with Gasteiger partial charge >= 0.3 is 0 Å². The topological polar surface area (TPSA) is 65.2 Å². The minimum Gasteiger partial charge on any atom is -0.380 e. The van der Waals surface area contributed by atoms with Crippen LogP contribution in [-0.4, -0.2) is 24.1 Å². The van der Waals surface area contributed by atoms with Crippen LogP contribution in [0.2, 0.25) is 0 Å². The van der Waals surface area contributed by atoms with Crippen molar-refractivity contribution in [3.05, 3.63) is 29.6 Å². The lowest BCUT2D eigenvalue weighted by Gasteiger charge is -2.26. The number of nitrogens with two attached hydrogens (primary N) is 1. The molecule has 4 nitrogen and oxygen atoms in total. The molecular formula is C9H10N2O2. The van der Waals surface area contributed by atoms with Crippen molar-refractivity contribution in [1.82, 2.24) is 4.98 Å². The molecule has 1 aromatic heterocycles. The van der Waals surface area contributed by atoms with Crippen LogP contribution < -0.4 is 5.73 Å². The third-order valence-electron chi connectivity index (χ3n) is 2.13. The number of rotatable bonds is 2. The van der Waals surface area contributed by atoms with Gasteiger partial charge in [0, 0.05) is 12.1 Å². The van der Waals surface area contributed by atoms with Crippen LogP contribution in [0.5, 0.6) is 0 Å². The third kappa shape index (κ3) is 1.40. The molecule has 0 bridgehead atoms. The van der Waals surface area contributed by atoms with Gasteiger partial charge in [-0.25, -0.2) is 0 Å². The molecule has 4 heteroatoms. The minimum atomic E-state index is -0.421. The van der Waals surface area contributed by atoms with E-state index in [1.54, 1.807) is 18.3 Å². The molecule has 0 aromatic carbocycles. The largest absolute Gasteiger partial charge is 0.380 e. The van der Waals surface area contributed by atoms with Gasteiger partial charge in [0.05, 0.1) is 24.5 Å². The molecule has 0 unspecified atom stereocenters. The molecule has 2 heterocycles. The Morgan fingerprint density at radius 3 is 2.92 bits per heavy atom. The maximum atomic E-state index is 11.0. The summed E-state index contributed by atoms with van der Waals surface area (Å²) in [5, 5.41) is 0. The lowest BCUT2D eigenvalue weighted by molar-refractivity contribution is 0.00642. The number of hydrogen-bond acceptors (Lipinski definition) is 3. The van der Waals surface area contributed by atoms with Gasteiger partial charge in [0.15, 0.2) is 0 Å². The number of nitrogens with zero attached hydrogens (tertiary/aromatic N) is 1. The molecule has 1 aliphatic heterocycles. The smallest absolute Gasteiger partial charge is 0.250 e. The Kier molecular flexibility index (Phi) is 1.98. The molecule has 0 aliphatic carbocycles. The summed E-state index contributed by atoms with van der Waals surface area (Å²) in [7, 11) is 0. The van der Waals surface area contributed by atoms with E-state index in [0.29, 0.717) is 18.8 Å². The zero-order chi connectivity index (χ0) is 9.26. The first-order valence-electron chi connectivity index (χ1n) is 4.11. The van der Waals surface area contributed by atoms with Crippen molar-refractivity contribution in [2.24, 2.45) is 5.73 Å². The highest BCUT2D eigenvalue weighted by molar-refractivity contribution is 5.94. The van der Waals surface area contributed by atoms with Crippen molar-refractivity contribution >= 4 is 5.91 Å². The highest BCUT2D eigenvalue weighted by atomic mass is 16.5. The van der Waals surface area contributed by atoms with Crippen LogP contribution in [0.4, 0.5) is 0 Å². The van der Waals surface area contributed by atoms with Gasteiger partial charge in [-0.1, -0.05) is 0 Å². The summed E-state index contributed by atoms with van der Waals surface area (Å²) in [4.78, 5) is 15.1. The number of amides is 1. The number of primary amides is 1. The van der Waals surface area contributed by atoms with Gasteiger partial charge in [0.2, 0.25) is 0 Å². The summed E-state index contributed by atoms with van der Waals surface area (Å²) < 4.78 is 5.03. The predicted octanol–water partition coefficient (Wildman–Crippen LogP) is 0.294. The van der Waals surface area contributed by atoms with Crippen molar-refractivity contribution in [3.63, 3.8) is 0 Å². The zero-order valence-electron chi connectivity index (χ0n) is 7.06. The molecule has 0 saturated carbocycles. The molecule has 0 atom stereocenters. The molecule has 68 valence electrons. The van der Waals surface area contributed by atoms with Gasteiger partial charge in [-0.05, 0) is 12.1 Å². The summed E-state index contributed by atoms with van der Waals surface area (Å²) in [5.41, 5.74) is 6.49. The van der Waals surface area contributed by atoms with Gasteiger partial charge in [0.1, 0.15) is 0 Å². The molecule has 1 fully saturated rings. The Morgan fingerprint density at radius 1 is 1.62 bits per heavy atom. The van der Waals surface area contributed by atoms with Crippen LogP contribution in [0.25, 0.3) is 0 Å². The Morgan fingerprint density at radius 2 is 2.38 bits per heavy atom. The first kappa shape index (κ1) is 8.19. The standard InChI is InChI=1S/C9H10N2O2/c10-9(12)7-2-1-3-11-8(7)6-4-13-5-6/h1-3,6H,4-5H2,(H2,10,12). The van der Waals surface area contributed by atoms with Gasteiger partial charge in [-0.3, -0.25) is 9.78 Å². The fourth-order valence-corrected chi connectivity index (χ4v) is 1.34. The van der Waals surface area contributed by atoms with Crippen molar-refractivity contribution < 1.29 is 9.53 Å². The molecule has 1 amide bonds. The van der Waals surface area contributed by atoms with Crippen LogP contribution in [0, 0.1) is 0 Å². The average molecular weight is 178 g/mol. The summed E-state index contributed by atoms with van der Waals surface area (Å²) in [6.45, 7) is 1.27. The highest BCUT2D eigenvalue weighted by Crippen LogP contribution is 2.24. The second-order valence-corrected chi connectivity index (χ2v) is 3.03. The van der Waals surface area contributed by atoms with Gasteiger partial charge in [0.25, 0.3) is 5.91 Å². The Bertz CT molecular complexity index is 334. The van der Waals surface area contributed by atoms with Crippen LogP contribution in [0.3, 0.4) is 0 Å². The SMILES string of the molecule is NC(=O)c1cccnc1C1COC1. The van der Waals surface area contributed by atoms with Crippen LogP contribution in [0.1, 0.15) is 22.0 Å². The van der Waals surface area contributed by atoms with E-state index in [9.17, 15) is 4.79 Å². The second-order valence-electron chi connectivity index (χ2n) is 3.03. The fourth-order valence-electron chi connectivity index (χ4n) is 1.34. The number of aromatic nitrogens is 1. The first-order chi connectivity index (χ1) is 6.29. The van der Waals surface area contributed by atoms with Crippen LogP contribution >= 0.6 is 0 Å². The van der Waals surface area contributed by atoms with E-state index in [1.165, 1.54) is 0 Å². The Labute approximate surface area is 75.7 Å². The predicted molar refractivity (Wildman–Crippen MR) is 46.3 cm³/mol. The maximum absolute atomic E-state index is 11.0. The van der Waals surface area contributed by atoms with Crippen molar-refractivity contribution in [3.8, 4) is 0 Å². The second kappa shape index (κ2) is 3.14. The molecule has 2 N–H and O–H groups in total. The number of pyridine rings is 1. The maximum Gasteiger partial charge on any atom is 0.250 e. The molecular weight excluding hydrogens is 168 g/mol. The lowest BCUT2D eigenvalue weighted by Crippen LogP contribution is -2.29. The summed E-state index contributed by atoms with van der Waals surface area (Å²) in [6.07, 6.45) is 1.67. The monoisotopic (exact) mass is 178 g/mol. The molecule has 0 radical (unpaired) electrons. The van der Waals surface area contributed by atoms with Gasteiger partial charge in [-0.15, -0.1) is 0 Å². The number of ether oxygens (including phenoxy) is 1.